The van der Waals surface area contributed by atoms with E-state index in [1.165, 1.54) is 0 Å². The standard InChI is InChI=1S/C19H24Cl2N2O/c1-14(20)18(24)23(19(2,3)4)13-17-9-6-10-22(17)12-15-7-5-8-16(21)11-15/h5-11,14H,12-13H2,1-4H3. The lowest BCUT2D eigenvalue weighted by atomic mass is 10.0. The van der Waals surface area contributed by atoms with E-state index in [9.17, 15) is 4.79 Å². The van der Waals surface area contributed by atoms with E-state index >= 15 is 0 Å². The number of rotatable bonds is 5. The van der Waals surface area contributed by atoms with Crippen molar-refractivity contribution in [3.8, 4) is 0 Å². The largest absolute Gasteiger partial charge is 0.345 e. The molecule has 0 aliphatic heterocycles. The lowest BCUT2D eigenvalue weighted by Gasteiger charge is -2.36. The van der Waals surface area contributed by atoms with Crippen molar-refractivity contribution in [3.05, 3.63) is 58.9 Å². The van der Waals surface area contributed by atoms with Gasteiger partial charge in [-0.1, -0.05) is 23.7 Å². The van der Waals surface area contributed by atoms with Gasteiger partial charge in [0.1, 0.15) is 5.38 Å². The van der Waals surface area contributed by atoms with Crippen LogP contribution in [-0.2, 0) is 17.9 Å². The van der Waals surface area contributed by atoms with Crippen molar-refractivity contribution in [1.29, 1.82) is 0 Å². The van der Waals surface area contributed by atoms with Crippen LogP contribution in [0.4, 0.5) is 0 Å². The number of carbonyl (C=O) groups excluding carboxylic acids is 1. The highest BCUT2D eigenvalue weighted by Crippen LogP contribution is 2.21. The third-order valence-electron chi connectivity index (χ3n) is 3.90. The average molecular weight is 367 g/mol. The molecular formula is C19H24Cl2N2O. The van der Waals surface area contributed by atoms with Crippen LogP contribution in [-0.4, -0.2) is 26.3 Å². The summed E-state index contributed by atoms with van der Waals surface area (Å²) in [6.45, 7) is 9.02. The van der Waals surface area contributed by atoms with E-state index in [0.717, 1.165) is 16.3 Å². The zero-order valence-corrected chi connectivity index (χ0v) is 16.1. The normalized spacial score (nSPS) is 12.9. The lowest BCUT2D eigenvalue weighted by Crippen LogP contribution is -2.48. The Morgan fingerprint density at radius 2 is 1.96 bits per heavy atom. The van der Waals surface area contributed by atoms with Crippen molar-refractivity contribution in [2.45, 2.75) is 51.7 Å². The van der Waals surface area contributed by atoms with Crippen LogP contribution in [0.25, 0.3) is 0 Å². The van der Waals surface area contributed by atoms with E-state index in [-0.39, 0.29) is 11.4 Å². The molecule has 0 aliphatic carbocycles. The maximum Gasteiger partial charge on any atom is 0.241 e. The lowest BCUT2D eigenvalue weighted by molar-refractivity contribution is -0.136. The Balaban J connectivity index is 2.23. The van der Waals surface area contributed by atoms with Crippen molar-refractivity contribution in [3.63, 3.8) is 0 Å². The molecule has 1 aromatic heterocycles. The van der Waals surface area contributed by atoms with Gasteiger partial charge >= 0.3 is 0 Å². The second kappa shape index (κ2) is 7.62. The Labute approximate surface area is 154 Å². The summed E-state index contributed by atoms with van der Waals surface area (Å²) in [7, 11) is 0. The minimum Gasteiger partial charge on any atom is -0.345 e. The summed E-state index contributed by atoms with van der Waals surface area (Å²) in [4.78, 5) is 14.3. The van der Waals surface area contributed by atoms with Gasteiger partial charge in [0.25, 0.3) is 0 Å². The third-order valence-corrected chi connectivity index (χ3v) is 4.32. The van der Waals surface area contributed by atoms with E-state index in [4.69, 9.17) is 23.2 Å². The van der Waals surface area contributed by atoms with Gasteiger partial charge in [-0.05, 0) is 57.5 Å². The molecule has 1 heterocycles. The molecular weight excluding hydrogens is 343 g/mol. The van der Waals surface area contributed by atoms with Gasteiger partial charge in [-0.3, -0.25) is 4.79 Å². The second-order valence-electron chi connectivity index (χ2n) is 6.97. The molecule has 5 heteroatoms. The summed E-state index contributed by atoms with van der Waals surface area (Å²) in [5, 5.41) is 0.184. The zero-order valence-electron chi connectivity index (χ0n) is 14.6. The summed E-state index contributed by atoms with van der Waals surface area (Å²) in [5.74, 6) is -0.0559. The number of hydrogen-bond acceptors (Lipinski definition) is 1. The highest BCUT2D eigenvalue weighted by molar-refractivity contribution is 6.30. The molecule has 3 nitrogen and oxygen atoms in total. The zero-order chi connectivity index (χ0) is 17.9. The summed E-state index contributed by atoms with van der Waals surface area (Å²) >= 11 is 12.1. The Hall–Kier alpha value is -1.45. The summed E-state index contributed by atoms with van der Waals surface area (Å²) < 4.78 is 2.14. The van der Waals surface area contributed by atoms with Crippen LogP contribution < -0.4 is 0 Å². The molecule has 1 unspecified atom stereocenters. The van der Waals surface area contributed by atoms with Crippen LogP contribution in [0, 0.1) is 0 Å². The molecule has 1 atom stereocenters. The number of benzene rings is 1. The van der Waals surface area contributed by atoms with Gasteiger partial charge in [0, 0.05) is 29.0 Å². The molecule has 0 saturated heterocycles. The maximum atomic E-state index is 12.5. The monoisotopic (exact) mass is 366 g/mol. The van der Waals surface area contributed by atoms with Crippen LogP contribution in [0.5, 0.6) is 0 Å². The first kappa shape index (κ1) is 18.9. The van der Waals surface area contributed by atoms with E-state index in [0.29, 0.717) is 13.1 Å². The quantitative estimate of drug-likeness (QED) is 0.687. The highest BCUT2D eigenvalue weighted by atomic mass is 35.5. The van der Waals surface area contributed by atoms with Crippen molar-refractivity contribution in [2.24, 2.45) is 0 Å². The van der Waals surface area contributed by atoms with Gasteiger partial charge < -0.3 is 9.47 Å². The predicted molar refractivity (Wildman–Crippen MR) is 101 cm³/mol. The molecule has 1 aromatic carbocycles. The molecule has 130 valence electrons. The number of halogens is 2. The smallest absolute Gasteiger partial charge is 0.241 e. The fraction of sp³-hybridized carbons (Fsp3) is 0.421. The second-order valence-corrected chi connectivity index (χ2v) is 8.06. The molecule has 0 N–H and O–H groups in total. The molecule has 2 rings (SSSR count). The van der Waals surface area contributed by atoms with Gasteiger partial charge in [-0.2, -0.15) is 0 Å². The van der Waals surface area contributed by atoms with Gasteiger partial charge in [0.15, 0.2) is 0 Å². The molecule has 0 aliphatic rings. The highest BCUT2D eigenvalue weighted by Gasteiger charge is 2.29. The average Bonchev–Trinajstić information content (AvgIpc) is 2.90. The molecule has 24 heavy (non-hydrogen) atoms. The number of carbonyl (C=O) groups is 1. The van der Waals surface area contributed by atoms with E-state index in [2.05, 4.69) is 4.57 Å². The van der Waals surface area contributed by atoms with Gasteiger partial charge in [0.2, 0.25) is 5.91 Å². The van der Waals surface area contributed by atoms with Crippen molar-refractivity contribution in [1.82, 2.24) is 9.47 Å². The SMILES string of the molecule is CC(Cl)C(=O)N(Cc1cccn1Cc1cccc(Cl)c1)C(C)(C)C. The molecule has 0 radical (unpaired) electrons. The van der Waals surface area contributed by atoms with E-state index in [1.54, 1.807) is 6.92 Å². The number of aromatic nitrogens is 1. The van der Waals surface area contributed by atoms with E-state index in [1.807, 2.05) is 68.3 Å². The molecule has 2 aromatic rings. The number of nitrogens with zero attached hydrogens (tertiary/aromatic N) is 2. The number of amides is 1. The molecule has 0 spiro atoms. The molecule has 1 amide bonds. The maximum absolute atomic E-state index is 12.5. The fourth-order valence-corrected chi connectivity index (χ4v) is 2.93. The Kier molecular flexibility index (Phi) is 6.00. The van der Waals surface area contributed by atoms with Crippen molar-refractivity contribution >= 4 is 29.1 Å². The topological polar surface area (TPSA) is 25.2 Å². The third kappa shape index (κ3) is 4.78. The van der Waals surface area contributed by atoms with Gasteiger partial charge in [-0.25, -0.2) is 0 Å². The number of hydrogen-bond donors (Lipinski definition) is 0. The minimum atomic E-state index is -0.541. The van der Waals surface area contributed by atoms with Crippen LogP contribution in [0.15, 0.2) is 42.6 Å². The van der Waals surface area contributed by atoms with Gasteiger partial charge in [0.05, 0.1) is 6.54 Å². The van der Waals surface area contributed by atoms with Crippen LogP contribution in [0.2, 0.25) is 5.02 Å². The van der Waals surface area contributed by atoms with Crippen LogP contribution >= 0.6 is 23.2 Å². The molecule has 0 saturated carbocycles. The van der Waals surface area contributed by atoms with E-state index < -0.39 is 5.38 Å². The Bertz CT molecular complexity index is 701. The Morgan fingerprint density at radius 3 is 2.54 bits per heavy atom. The summed E-state index contributed by atoms with van der Waals surface area (Å²) in [5.41, 5.74) is 1.89. The molecule has 0 bridgehead atoms. The van der Waals surface area contributed by atoms with Crippen molar-refractivity contribution in [2.75, 3.05) is 0 Å². The molecule has 0 fully saturated rings. The van der Waals surface area contributed by atoms with Crippen LogP contribution in [0.1, 0.15) is 39.0 Å². The fourth-order valence-electron chi connectivity index (χ4n) is 2.60. The van der Waals surface area contributed by atoms with Crippen molar-refractivity contribution < 1.29 is 4.79 Å². The summed E-state index contributed by atoms with van der Waals surface area (Å²) in [6, 6.07) is 11.8. The number of alkyl halides is 1. The van der Waals surface area contributed by atoms with Crippen LogP contribution in [0.3, 0.4) is 0 Å². The minimum absolute atomic E-state index is 0.0559. The first-order valence-electron chi connectivity index (χ1n) is 8.02. The first-order chi connectivity index (χ1) is 11.2. The predicted octanol–water partition coefficient (Wildman–Crippen LogP) is 4.94. The van der Waals surface area contributed by atoms with Gasteiger partial charge in [-0.15, -0.1) is 11.6 Å². The first-order valence-corrected chi connectivity index (χ1v) is 8.84. The Morgan fingerprint density at radius 1 is 1.25 bits per heavy atom. The summed E-state index contributed by atoms with van der Waals surface area (Å²) in [6.07, 6.45) is 2.02.